The smallest absolute Gasteiger partial charge is 0.0465 e. The molecule has 1 aliphatic carbocycles. The molecule has 0 aliphatic heterocycles. The first-order chi connectivity index (χ1) is 8.16. The Morgan fingerprint density at radius 3 is 2.53 bits per heavy atom. The molecule has 0 N–H and O–H groups in total. The van der Waals surface area contributed by atoms with Crippen molar-refractivity contribution in [2.45, 2.75) is 44.7 Å². The van der Waals surface area contributed by atoms with Crippen molar-refractivity contribution in [1.29, 1.82) is 0 Å². The number of hydrogen-bond acceptors (Lipinski definition) is 1. The summed E-state index contributed by atoms with van der Waals surface area (Å²) in [7, 11) is 2.20. The Hall–Kier alpha value is -0.240. The first kappa shape index (κ1) is 13.2. The zero-order valence-electron chi connectivity index (χ0n) is 10.3. The monoisotopic (exact) mass is 271 g/mol. The minimum Gasteiger partial charge on any atom is -0.299 e. The van der Waals surface area contributed by atoms with Crippen LogP contribution in [0.15, 0.2) is 18.2 Å². The molecule has 0 radical (unpaired) electrons. The van der Waals surface area contributed by atoms with E-state index in [1.165, 1.54) is 37.7 Å². The maximum atomic E-state index is 6.20. The summed E-state index contributed by atoms with van der Waals surface area (Å²) < 4.78 is 0. The van der Waals surface area contributed by atoms with Crippen LogP contribution in [0.5, 0.6) is 0 Å². The summed E-state index contributed by atoms with van der Waals surface area (Å²) >= 11 is 12.1. The molecule has 2 rings (SSSR count). The lowest BCUT2D eigenvalue weighted by Crippen LogP contribution is -2.32. The lowest BCUT2D eigenvalue weighted by Gasteiger charge is -2.31. The molecular formula is C14H19Cl2N. The predicted molar refractivity (Wildman–Crippen MR) is 74.8 cm³/mol. The quantitative estimate of drug-likeness (QED) is 0.767. The lowest BCUT2D eigenvalue weighted by atomic mass is 9.94. The van der Waals surface area contributed by atoms with Gasteiger partial charge in [0.1, 0.15) is 0 Å². The van der Waals surface area contributed by atoms with E-state index < -0.39 is 0 Å². The molecule has 1 aromatic rings. The zero-order valence-corrected chi connectivity index (χ0v) is 11.8. The van der Waals surface area contributed by atoms with Crippen molar-refractivity contribution in [3.05, 3.63) is 33.8 Å². The van der Waals surface area contributed by atoms with Crippen molar-refractivity contribution in [1.82, 2.24) is 4.90 Å². The van der Waals surface area contributed by atoms with Crippen molar-refractivity contribution < 1.29 is 0 Å². The third-order valence-corrected chi connectivity index (χ3v) is 4.22. The van der Waals surface area contributed by atoms with Crippen molar-refractivity contribution in [3.8, 4) is 0 Å². The fourth-order valence-electron chi connectivity index (χ4n) is 2.57. The number of hydrogen-bond donors (Lipinski definition) is 0. The van der Waals surface area contributed by atoms with Crippen LogP contribution < -0.4 is 0 Å². The van der Waals surface area contributed by atoms with E-state index in [-0.39, 0.29) is 0 Å². The molecule has 0 aromatic heterocycles. The van der Waals surface area contributed by atoms with Crippen molar-refractivity contribution >= 4 is 23.2 Å². The number of nitrogens with zero attached hydrogens (tertiary/aromatic N) is 1. The van der Waals surface area contributed by atoms with Crippen LogP contribution in [-0.2, 0) is 6.54 Å². The highest BCUT2D eigenvalue weighted by molar-refractivity contribution is 6.35. The highest BCUT2D eigenvalue weighted by Gasteiger charge is 2.18. The van der Waals surface area contributed by atoms with E-state index in [4.69, 9.17) is 23.2 Å². The maximum absolute atomic E-state index is 6.20. The second-order valence-electron chi connectivity index (χ2n) is 4.94. The highest BCUT2D eigenvalue weighted by atomic mass is 35.5. The topological polar surface area (TPSA) is 3.24 Å². The third-order valence-electron chi connectivity index (χ3n) is 3.63. The van der Waals surface area contributed by atoms with Gasteiger partial charge in [-0.3, -0.25) is 4.90 Å². The molecule has 17 heavy (non-hydrogen) atoms. The Kier molecular flexibility index (Phi) is 4.72. The summed E-state index contributed by atoms with van der Waals surface area (Å²) in [6.45, 7) is 0.917. The first-order valence-electron chi connectivity index (χ1n) is 6.31. The molecule has 0 atom stereocenters. The van der Waals surface area contributed by atoms with Gasteiger partial charge in [-0.2, -0.15) is 0 Å². The molecule has 1 nitrogen and oxygen atoms in total. The summed E-state index contributed by atoms with van der Waals surface area (Å²) in [5, 5.41) is 1.49. The third kappa shape index (κ3) is 3.61. The van der Waals surface area contributed by atoms with Gasteiger partial charge in [-0.25, -0.2) is 0 Å². The van der Waals surface area contributed by atoms with E-state index >= 15 is 0 Å². The van der Waals surface area contributed by atoms with Gasteiger partial charge in [-0.15, -0.1) is 0 Å². The van der Waals surface area contributed by atoms with E-state index in [1.54, 1.807) is 0 Å². The van der Waals surface area contributed by atoms with Crippen molar-refractivity contribution in [3.63, 3.8) is 0 Å². The zero-order chi connectivity index (χ0) is 12.3. The first-order valence-corrected chi connectivity index (χ1v) is 7.06. The second-order valence-corrected chi connectivity index (χ2v) is 5.79. The Bertz CT molecular complexity index is 372. The Balaban J connectivity index is 1.99. The molecule has 0 unspecified atom stereocenters. The molecule has 0 heterocycles. The average molecular weight is 272 g/mol. The fraction of sp³-hybridized carbons (Fsp3) is 0.571. The van der Waals surface area contributed by atoms with Gasteiger partial charge < -0.3 is 0 Å². The van der Waals surface area contributed by atoms with Gasteiger partial charge >= 0.3 is 0 Å². The summed E-state index contributed by atoms with van der Waals surface area (Å²) in [6.07, 6.45) is 6.77. The molecule has 0 spiro atoms. The number of benzene rings is 1. The summed E-state index contributed by atoms with van der Waals surface area (Å²) in [6, 6.07) is 6.49. The lowest BCUT2D eigenvalue weighted by molar-refractivity contribution is 0.184. The standard InChI is InChI=1S/C14H19Cl2N/c1-17(13-5-3-2-4-6-13)10-11-7-8-12(15)9-14(11)16/h7-9,13H,2-6,10H2,1H3. The van der Waals surface area contributed by atoms with Crippen LogP contribution in [0.4, 0.5) is 0 Å². The van der Waals surface area contributed by atoms with E-state index in [9.17, 15) is 0 Å². The Labute approximate surface area is 114 Å². The molecule has 0 bridgehead atoms. The Morgan fingerprint density at radius 1 is 1.18 bits per heavy atom. The molecule has 1 aliphatic rings. The molecule has 3 heteroatoms. The SMILES string of the molecule is CN(Cc1ccc(Cl)cc1Cl)C1CCCCC1. The van der Waals surface area contributed by atoms with E-state index in [2.05, 4.69) is 11.9 Å². The molecule has 0 amide bonds. The number of rotatable bonds is 3. The second kappa shape index (κ2) is 6.08. The summed E-state index contributed by atoms with van der Waals surface area (Å²) in [5.74, 6) is 0. The Morgan fingerprint density at radius 2 is 1.88 bits per heavy atom. The van der Waals surface area contributed by atoms with E-state index in [0.717, 1.165) is 17.6 Å². The van der Waals surface area contributed by atoms with Gasteiger partial charge in [0.2, 0.25) is 0 Å². The highest BCUT2D eigenvalue weighted by Crippen LogP contribution is 2.26. The molecule has 1 saturated carbocycles. The van der Waals surface area contributed by atoms with Crippen LogP contribution in [0.2, 0.25) is 10.0 Å². The van der Waals surface area contributed by atoms with Crippen LogP contribution >= 0.6 is 23.2 Å². The van der Waals surface area contributed by atoms with Crippen LogP contribution in [0.25, 0.3) is 0 Å². The average Bonchev–Trinajstić information content (AvgIpc) is 2.34. The molecule has 1 aromatic carbocycles. The largest absolute Gasteiger partial charge is 0.299 e. The molecule has 94 valence electrons. The minimum atomic E-state index is 0.707. The molecule has 0 saturated heterocycles. The summed E-state index contributed by atoms with van der Waals surface area (Å²) in [4.78, 5) is 2.42. The van der Waals surface area contributed by atoms with E-state index in [0.29, 0.717) is 5.02 Å². The maximum Gasteiger partial charge on any atom is 0.0465 e. The van der Waals surface area contributed by atoms with Gasteiger partial charge in [0.15, 0.2) is 0 Å². The van der Waals surface area contributed by atoms with E-state index in [1.807, 2.05) is 18.2 Å². The van der Waals surface area contributed by atoms with Crippen molar-refractivity contribution in [2.75, 3.05) is 7.05 Å². The van der Waals surface area contributed by atoms with Crippen LogP contribution in [0, 0.1) is 0 Å². The van der Waals surface area contributed by atoms with Gasteiger partial charge in [0.05, 0.1) is 0 Å². The van der Waals surface area contributed by atoms with Gasteiger partial charge in [0, 0.05) is 22.6 Å². The van der Waals surface area contributed by atoms with Gasteiger partial charge in [-0.1, -0.05) is 48.5 Å². The van der Waals surface area contributed by atoms with Crippen LogP contribution in [0.1, 0.15) is 37.7 Å². The molecule has 1 fully saturated rings. The van der Waals surface area contributed by atoms with Gasteiger partial charge in [0.25, 0.3) is 0 Å². The molecular weight excluding hydrogens is 253 g/mol. The minimum absolute atomic E-state index is 0.707. The summed E-state index contributed by atoms with van der Waals surface area (Å²) in [5.41, 5.74) is 1.17. The normalized spacial score (nSPS) is 17.6. The number of halogens is 2. The fourth-order valence-corrected chi connectivity index (χ4v) is 3.04. The van der Waals surface area contributed by atoms with Crippen LogP contribution in [-0.4, -0.2) is 18.0 Å². The predicted octanol–water partition coefficient (Wildman–Crippen LogP) is 4.76. The van der Waals surface area contributed by atoms with Crippen LogP contribution in [0.3, 0.4) is 0 Å². The van der Waals surface area contributed by atoms with Gasteiger partial charge in [-0.05, 0) is 37.6 Å². The van der Waals surface area contributed by atoms with Crippen molar-refractivity contribution in [2.24, 2.45) is 0 Å².